The van der Waals surface area contributed by atoms with E-state index >= 15 is 0 Å². The van der Waals surface area contributed by atoms with Crippen LogP contribution in [0, 0.1) is 0 Å². The van der Waals surface area contributed by atoms with E-state index in [1.807, 2.05) is 23.9 Å². The summed E-state index contributed by atoms with van der Waals surface area (Å²) in [5.41, 5.74) is 6.07. The molecule has 2 aliphatic heterocycles. The van der Waals surface area contributed by atoms with Gasteiger partial charge in [0.05, 0.1) is 24.9 Å². The Morgan fingerprint density at radius 1 is 1.00 bits per heavy atom. The highest BCUT2D eigenvalue weighted by Gasteiger charge is 2.34. The standard InChI is InChI=1S/C27H33N5O2/c1-19(2)21-6-4-20(5-7-21)18-34-23-10-14-31(15-11-23)25-24(22-8-12-28-13-9-22)29-32-17-16-30(3)27(33)26(25)32/h4-9,12-13,19,23H,10-11,14-18H2,1-3H3. The van der Waals surface area contributed by atoms with E-state index in [2.05, 4.69) is 48.0 Å². The van der Waals surface area contributed by atoms with Crippen molar-refractivity contribution in [2.45, 2.75) is 51.9 Å². The second kappa shape index (κ2) is 9.58. The van der Waals surface area contributed by atoms with E-state index in [4.69, 9.17) is 9.84 Å². The number of ether oxygens (including phenoxy) is 1. The van der Waals surface area contributed by atoms with Gasteiger partial charge in [-0.2, -0.15) is 5.10 Å². The second-order valence-electron chi connectivity index (χ2n) is 9.63. The minimum Gasteiger partial charge on any atom is -0.373 e. The Bertz CT molecular complexity index is 1130. The third-order valence-electron chi connectivity index (χ3n) is 6.97. The quantitative estimate of drug-likeness (QED) is 0.549. The first-order valence-electron chi connectivity index (χ1n) is 12.2. The lowest BCUT2D eigenvalue weighted by molar-refractivity contribution is 0.0251. The Kier molecular flexibility index (Phi) is 6.37. The first-order chi connectivity index (χ1) is 16.5. The van der Waals surface area contributed by atoms with Crippen LogP contribution in [0.1, 0.15) is 54.2 Å². The number of carbonyl (C=O) groups is 1. The van der Waals surface area contributed by atoms with Crippen molar-refractivity contribution in [1.82, 2.24) is 19.7 Å². The number of pyridine rings is 1. The van der Waals surface area contributed by atoms with E-state index in [1.165, 1.54) is 11.1 Å². The molecule has 1 saturated heterocycles. The molecule has 4 heterocycles. The fourth-order valence-corrected chi connectivity index (χ4v) is 4.82. The Morgan fingerprint density at radius 2 is 1.71 bits per heavy atom. The van der Waals surface area contributed by atoms with Crippen molar-refractivity contribution in [3.05, 3.63) is 65.6 Å². The normalized spacial score (nSPS) is 16.9. The second-order valence-corrected chi connectivity index (χ2v) is 9.63. The van der Waals surface area contributed by atoms with Crippen LogP contribution in [0.25, 0.3) is 11.3 Å². The molecule has 7 heteroatoms. The molecule has 7 nitrogen and oxygen atoms in total. The largest absolute Gasteiger partial charge is 0.373 e. The summed E-state index contributed by atoms with van der Waals surface area (Å²) in [6, 6.07) is 12.7. The van der Waals surface area contributed by atoms with Gasteiger partial charge < -0.3 is 14.5 Å². The number of aromatic nitrogens is 3. The molecule has 178 valence electrons. The predicted molar refractivity (Wildman–Crippen MR) is 133 cm³/mol. The molecule has 0 bridgehead atoms. The fourth-order valence-electron chi connectivity index (χ4n) is 4.82. The molecular weight excluding hydrogens is 426 g/mol. The van der Waals surface area contributed by atoms with Crippen molar-refractivity contribution in [1.29, 1.82) is 0 Å². The lowest BCUT2D eigenvalue weighted by Crippen LogP contribution is -2.41. The van der Waals surface area contributed by atoms with Crippen LogP contribution in [0.3, 0.4) is 0 Å². The van der Waals surface area contributed by atoms with Gasteiger partial charge in [-0.1, -0.05) is 38.1 Å². The molecule has 0 saturated carbocycles. The predicted octanol–water partition coefficient (Wildman–Crippen LogP) is 4.34. The summed E-state index contributed by atoms with van der Waals surface area (Å²) >= 11 is 0. The van der Waals surface area contributed by atoms with Gasteiger partial charge in [-0.15, -0.1) is 0 Å². The van der Waals surface area contributed by atoms with Crippen LogP contribution in [-0.4, -0.2) is 58.4 Å². The van der Waals surface area contributed by atoms with E-state index in [9.17, 15) is 4.79 Å². The van der Waals surface area contributed by atoms with E-state index in [0.717, 1.165) is 42.9 Å². The monoisotopic (exact) mass is 459 g/mol. The smallest absolute Gasteiger partial charge is 0.274 e. The zero-order valence-corrected chi connectivity index (χ0v) is 20.3. The third kappa shape index (κ3) is 4.44. The lowest BCUT2D eigenvalue weighted by Gasteiger charge is -2.35. The van der Waals surface area contributed by atoms with Crippen LogP contribution in [-0.2, 0) is 17.9 Å². The number of nitrogens with zero attached hydrogens (tertiary/aromatic N) is 5. The fraction of sp³-hybridized carbons (Fsp3) is 0.444. The van der Waals surface area contributed by atoms with Gasteiger partial charge in [-0.3, -0.25) is 14.5 Å². The van der Waals surface area contributed by atoms with Crippen molar-refractivity contribution in [3.63, 3.8) is 0 Å². The molecular formula is C27H33N5O2. The highest BCUT2D eigenvalue weighted by atomic mass is 16.5. The van der Waals surface area contributed by atoms with Gasteiger partial charge in [0, 0.05) is 44.6 Å². The van der Waals surface area contributed by atoms with Crippen LogP contribution in [0.4, 0.5) is 5.69 Å². The van der Waals surface area contributed by atoms with Crippen molar-refractivity contribution >= 4 is 11.6 Å². The molecule has 2 aliphatic rings. The molecule has 0 N–H and O–H groups in total. The number of piperidine rings is 1. The summed E-state index contributed by atoms with van der Waals surface area (Å²) in [6.07, 6.45) is 5.62. The number of anilines is 1. The molecule has 1 amide bonds. The van der Waals surface area contributed by atoms with Gasteiger partial charge in [0.25, 0.3) is 5.91 Å². The maximum absolute atomic E-state index is 13.1. The van der Waals surface area contributed by atoms with E-state index in [-0.39, 0.29) is 12.0 Å². The number of carbonyl (C=O) groups excluding carboxylic acids is 1. The average Bonchev–Trinajstić information content (AvgIpc) is 3.26. The first kappa shape index (κ1) is 22.6. The summed E-state index contributed by atoms with van der Waals surface area (Å²) in [6.45, 7) is 8.13. The molecule has 0 spiro atoms. The Morgan fingerprint density at radius 3 is 2.38 bits per heavy atom. The van der Waals surface area contributed by atoms with Crippen LogP contribution >= 0.6 is 0 Å². The average molecular weight is 460 g/mol. The summed E-state index contributed by atoms with van der Waals surface area (Å²) < 4.78 is 8.16. The molecule has 0 atom stereocenters. The third-order valence-corrected chi connectivity index (χ3v) is 6.97. The number of hydrogen-bond acceptors (Lipinski definition) is 5. The topological polar surface area (TPSA) is 63.5 Å². The van der Waals surface area contributed by atoms with E-state index in [1.54, 1.807) is 17.3 Å². The SMILES string of the molecule is CC(C)c1ccc(COC2CCN(c3c(-c4ccncc4)nn4c3C(=O)N(C)CC4)CC2)cc1. The molecule has 3 aromatic rings. The highest BCUT2D eigenvalue weighted by Crippen LogP contribution is 2.37. The number of fused-ring (bicyclic) bond motifs is 1. The highest BCUT2D eigenvalue weighted by molar-refractivity contribution is 6.02. The zero-order chi connectivity index (χ0) is 23.7. The Balaban J connectivity index is 1.31. The number of hydrogen-bond donors (Lipinski definition) is 0. The molecule has 5 rings (SSSR count). The van der Waals surface area contributed by atoms with Gasteiger partial charge in [-0.25, -0.2) is 0 Å². The van der Waals surface area contributed by atoms with E-state index < -0.39 is 0 Å². The van der Waals surface area contributed by atoms with Crippen molar-refractivity contribution in [3.8, 4) is 11.3 Å². The number of likely N-dealkylation sites (N-methyl/N-ethyl adjacent to an activating group) is 1. The summed E-state index contributed by atoms with van der Waals surface area (Å²) in [5, 5.41) is 4.86. The Hall–Kier alpha value is -3.19. The molecule has 1 fully saturated rings. The summed E-state index contributed by atoms with van der Waals surface area (Å²) in [4.78, 5) is 21.4. The maximum Gasteiger partial charge on any atom is 0.274 e. The molecule has 0 unspecified atom stereocenters. The van der Waals surface area contributed by atoms with Crippen LogP contribution in [0.2, 0.25) is 0 Å². The number of benzene rings is 1. The summed E-state index contributed by atoms with van der Waals surface area (Å²) in [5.74, 6) is 0.579. The molecule has 34 heavy (non-hydrogen) atoms. The van der Waals surface area contributed by atoms with E-state index in [0.29, 0.717) is 31.3 Å². The molecule has 1 aromatic carbocycles. The van der Waals surface area contributed by atoms with Gasteiger partial charge in [0.1, 0.15) is 5.69 Å². The molecule has 0 radical (unpaired) electrons. The molecule has 2 aromatic heterocycles. The zero-order valence-electron chi connectivity index (χ0n) is 20.3. The first-order valence-corrected chi connectivity index (χ1v) is 12.2. The van der Waals surface area contributed by atoms with Gasteiger partial charge >= 0.3 is 0 Å². The van der Waals surface area contributed by atoms with Crippen LogP contribution < -0.4 is 4.90 Å². The van der Waals surface area contributed by atoms with Crippen molar-refractivity contribution in [2.75, 3.05) is 31.6 Å². The number of amides is 1. The number of rotatable bonds is 6. The minimum atomic E-state index is 0.0391. The van der Waals surface area contributed by atoms with Gasteiger partial charge in [-0.05, 0) is 42.0 Å². The van der Waals surface area contributed by atoms with Gasteiger partial charge in [0.2, 0.25) is 0 Å². The van der Waals surface area contributed by atoms with Crippen LogP contribution in [0.5, 0.6) is 0 Å². The van der Waals surface area contributed by atoms with Crippen molar-refractivity contribution in [2.24, 2.45) is 0 Å². The maximum atomic E-state index is 13.1. The lowest BCUT2D eigenvalue weighted by atomic mass is 10.0. The van der Waals surface area contributed by atoms with Crippen molar-refractivity contribution < 1.29 is 9.53 Å². The van der Waals surface area contributed by atoms with Gasteiger partial charge in [0.15, 0.2) is 5.69 Å². The summed E-state index contributed by atoms with van der Waals surface area (Å²) in [7, 11) is 1.86. The Labute approximate surface area is 201 Å². The van der Waals surface area contributed by atoms with Crippen LogP contribution in [0.15, 0.2) is 48.8 Å². The molecule has 0 aliphatic carbocycles. The minimum absolute atomic E-state index is 0.0391.